The molecule has 5 heteroatoms. The fourth-order valence-electron chi connectivity index (χ4n) is 2.21. The lowest BCUT2D eigenvalue weighted by Gasteiger charge is -2.07. The first-order valence-corrected chi connectivity index (χ1v) is 7.93. The van der Waals surface area contributed by atoms with Gasteiger partial charge in [-0.2, -0.15) is 0 Å². The van der Waals surface area contributed by atoms with Crippen molar-refractivity contribution >= 4 is 37.7 Å². The molecule has 0 radical (unpaired) electrons. The maximum absolute atomic E-state index is 6.02. The molecule has 0 aliphatic rings. The quantitative estimate of drug-likeness (QED) is 0.616. The van der Waals surface area contributed by atoms with Crippen LogP contribution >= 0.6 is 31.9 Å². The molecule has 0 saturated carbocycles. The van der Waals surface area contributed by atoms with Crippen LogP contribution in [0.5, 0.6) is 0 Å². The number of benzene rings is 2. The number of aryl methyl sites for hydroxylation is 1. The number of hydrogen-bond donors (Lipinski definition) is 1. The first-order chi connectivity index (χ1) is 10.1. The molecule has 2 aromatic carbocycles. The molecule has 0 spiro atoms. The third kappa shape index (κ3) is 2.63. The minimum Gasteiger partial charge on any atom is -0.380 e. The number of nitrogen functional groups attached to an aromatic ring is 1. The van der Waals surface area contributed by atoms with Gasteiger partial charge in [0, 0.05) is 20.1 Å². The van der Waals surface area contributed by atoms with Crippen LogP contribution in [0.2, 0.25) is 0 Å². The minimum atomic E-state index is 0.379. The summed E-state index contributed by atoms with van der Waals surface area (Å²) in [4.78, 5) is 0. The molecule has 2 N–H and O–H groups in total. The average Bonchev–Trinajstić information content (AvgIpc) is 2.81. The number of nitrogens with two attached hydrogens (primary N) is 1. The van der Waals surface area contributed by atoms with Crippen molar-refractivity contribution in [2.24, 2.45) is 0 Å². The molecule has 0 unspecified atom stereocenters. The summed E-state index contributed by atoms with van der Waals surface area (Å²) >= 11 is 7.13. The van der Waals surface area contributed by atoms with Gasteiger partial charge in [0.05, 0.1) is 5.56 Å². The van der Waals surface area contributed by atoms with E-state index < -0.39 is 0 Å². The van der Waals surface area contributed by atoms with Gasteiger partial charge in [0.2, 0.25) is 0 Å². The molecule has 106 valence electrons. The zero-order valence-corrected chi connectivity index (χ0v) is 14.4. The standard InChI is InChI=1S/C16H12Br2N2O/c1-9-6-7-11(13(18)8-9)15-14(16(19)20-21-15)10-4-2-3-5-12(10)17/h2-8H,1H3,(H2,19,20). The molecule has 21 heavy (non-hydrogen) atoms. The highest BCUT2D eigenvalue weighted by atomic mass is 79.9. The fraction of sp³-hybridized carbons (Fsp3) is 0.0625. The van der Waals surface area contributed by atoms with Gasteiger partial charge in [-0.15, -0.1) is 0 Å². The Balaban J connectivity index is 2.25. The summed E-state index contributed by atoms with van der Waals surface area (Å²) in [5.74, 6) is 1.04. The molecule has 3 aromatic rings. The van der Waals surface area contributed by atoms with Crippen LogP contribution in [0.3, 0.4) is 0 Å². The Kier molecular flexibility index (Phi) is 3.87. The van der Waals surface area contributed by atoms with Crippen molar-refractivity contribution in [1.29, 1.82) is 0 Å². The van der Waals surface area contributed by atoms with Crippen LogP contribution in [0, 0.1) is 6.92 Å². The Bertz CT molecular complexity index is 812. The van der Waals surface area contributed by atoms with Gasteiger partial charge in [-0.1, -0.05) is 61.3 Å². The number of halogens is 2. The van der Waals surface area contributed by atoms with E-state index >= 15 is 0 Å². The highest BCUT2D eigenvalue weighted by molar-refractivity contribution is 9.11. The zero-order chi connectivity index (χ0) is 15.0. The lowest BCUT2D eigenvalue weighted by molar-refractivity contribution is 0.436. The van der Waals surface area contributed by atoms with E-state index in [0.717, 1.165) is 25.6 Å². The molecule has 3 nitrogen and oxygen atoms in total. The second-order valence-electron chi connectivity index (χ2n) is 4.74. The molecular formula is C16H12Br2N2O. The van der Waals surface area contributed by atoms with Crippen molar-refractivity contribution < 1.29 is 4.52 Å². The molecule has 1 aromatic heterocycles. The van der Waals surface area contributed by atoms with Crippen LogP contribution in [-0.4, -0.2) is 5.16 Å². The number of anilines is 1. The van der Waals surface area contributed by atoms with E-state index in [1.165, 1.54) is 5.56 Å². The Morgan fingerprint density at radius 1 is 1.00 bits per heavy atom. The molecule has 0 amide bonds. The van der Waals surface area contributed by atoms with Gasteiger partial charge in [0.1, 0.15) is 0 Å². The summed E-state index contributed by atoms with van der Waals surface area (Å²) < 4.78 is 7.39. The lowest BCUT2D eigenvalue weighted by atomic mass is 10.0. The van der Waals surface area contributed by atoms with Crippen molar-refractivity contribution in [3.05, 3.63) is 57.0 Å². The molecule has 0 bridgehead atoms. The molecule has 0 fully saturated rings. The van der Waals surface area contributed by atoms with E-state index in [2.05, 4.69) is 37.0 Å². The maximum Gasteiger partial charge on any atom is 0.178 e. The Hall–Kier alpha value is -1.59. The van der Waals surface area contributed by atoms with Crippen LogP contribution in [0.1, 0.15) is 5.56 Å². The second-order valence-corrected chi connectivity index (χ2v) is 6.44. The predicted molar refractivity (Wildman–Crippen MR) is 91.9 cm³/mol. The van der Waals surface area contributed by atoms with Crippen LogP contribution in [-0.2, 0) is 0 Å². The first kappa shape index (κ1) is 14.4. The van der Waals surface area contributed by atoms with Crippen LogP contribution in [0.4, 0.5) is 5.82 Å². The van der Waals surface area contributed by atoms with Crippen molar-refractivity contribution in [3.8, 4) is 22.5 Å². The Labute approximate surface area is 139 Å². The highest BCUT2D eigenvalue weighted by Crippen LogP contribution is 2.42. The van der Waals surface area contributed by atoms with E-state index in [-0.39, 0.29) is 0 Å². The Morgan fingerprint density at radius 3 is 2.48 bits per heavy atom. The zero-order valence-electron chi connectivity index (χ0n) is 11.2. The number of rotatable bonds is 2. The Morgan fingerprint density at radius 2 is 1.76 bits per heavy atom. The molecule has 0 atom stereocenters. The number of hydrogen-bond acceptors (Lipinski definition) is 3. The summed E-state index contributed by atoms with van der Waals surface area (Å²) in [5.41, 5.74) is 9.87. The van der Waals surface area contributed by atoms with Gasteiger partial charge in [0.15, 0.2) is 11.6 Å². The van der Waals surface area contributed by atoms with Crippen LogP contribution in [0.25, 0.3) is 22.5 Å². The molecule has 0 saturated heterocycles. The maximum atomic E-state index is 6.02. The minimum absolute atomic E-state index is 0.379. The van der Waals surface area contributed by atoms with Gasteiger partial charge >= 0.3 is 0 Å². The third-order valence-electron chi connectivity index (χ3n) is 3.23. The van der Waals surface area contributed by atoms with E-state index in [1.807, 2.05) is 49.4 Å². The first-order valence-electron chi connectivity index (χ1n) is 6.34. The van der Waals surface area contributed by atoms with Gasteiger partial charge < -0.3 is 10.3 Å². The van der Waals surface area contributed by atoms with E-state index in [4.69, 9.17) is 10.3 Å². The number of aromatic nitrogens is 1. The van der Waals surface area contributed by atoms with E-state index in [1.54, 1.807) is 0 Å². The normalized spacial score (nSPS) is 10.8. The highest BCUT2D eigenvalue weighted by Gasteiger charge is 2.20. The van der Waals surface area contributed by atoms with Crippen molar-refractivity contribution in [2.75, 3.05) is 5.73 Å². The average molecular weight is 408 g/mol. The van der Waals surface area contributed by atoms with Gasteiger partial charge in [-0.3, -0.25) is 0 Å². The second kappa shape index (κ2) is 5.66. The fourth-order valence-corrected chi connectivity index (χ4v) is 3.37. The topological polar surface area (TPSA) is 52.0 Å². The largest absolute Gasteiger partial charge is 0.380 e. The summed E-state index contributed by atoms with van der Waals surface area (Å²) in [6, 6.07) is 13.9. The third-order valence-corrected chi connectivity index (χ3v) is 4.58. The lowest BCUT2D eigenvalue weighted by Crippen LogP contribution is -1.90. The van der Waals surface area contributed by atoms with Crippen molar-refractivity contribution in [1.82, 2.24) is 5.16 Å². The smallest absolute Gasteiger partial charge is 0.178 e. The monoisotopic (exact) mass is 406 g/mol. The number of nitrogens with zero attached hydrogens (tertiary/aromatic N) is 1. The molecule has 3 rings (SSSR count). The van der Waals surface area contributed by atoms with Gasteiger partial charge in [0.25, 0.3) is 0 Å². The van der Waals surface area contributed by atoms with Crippen LogP contribution < -0.4 is 5.73 Å². The van der Waals surface area contributed by atoms with Crippen molar-refractivity contribution in [2.45, 2.75) is 6.92 Å². The molecule has 0 aliphatic heterocycles. The summed E-state index contributed by atoms with van der Waals surface area (Å²) in [7, 11) is 0. The van der Waals surface area contributed by atoms with Gasteiger partial charge in [-0.05, 0) is 30.7 Å². The van der Waals surface area contributed by atoms with Gasteiger partial charge in [-0.25, -0.2) is 0 Å². The molecular weight excluding hydrogens is 396 g/mol. The van der Waals surface area contributed by atoms with E-state index in [9.17, 15) is 0 Å². The SMILES string of the molecule is Cc1ccc(-c2onc(N)c2-c2ccccc2Br)c(Br)c1. The van der Waals surface area contributed by atoms with E-state index in [0.29, 0.717) is 11.6 Å². The summed E-state index contributed by atoms with van der Waals surface area (Å²) in [5, 5.41) is 3.94. The van der Waals surface area contributed by atoms with Crippen molar-refractivity contribution in [3.63, 3.8) is 0 Å². The molecule has 0 aliphatic carbocycles. The molecule has 1 heterocycles. The summed E-state index contributed by atoms with van der Waals surface area (Å²) in [6.07, 6.45) is 0. The van der Waals surface area contributed by atoms with Crippen LogP contribution in [0.15, 0.2) is 55.9 Å². The summed E-state index contributed by atoms with van der Waals surface area (Å²) in [6.45, 7) is 2.04. The predicted octanol–water partition coefficient (Wildman–Crippen LogP) is 5.42.